The highest BCUT2D eigenvalue weighted by molar-refractivity contribution is 7.92. The van der Waals surface area contributed by atoms with Crippen LogP contribution in [0.25, 0.3) is 0 Å². The van der Waals surface area contributed by atoms with E-state index in [0.717, 1.165) is 30.5 Å². The highest BCUT2D eigenvalue weighted by Crippen LogP contribution is 2.33. The highest BCUT2D eigenvalue weighted by atomic mass is 32.2. The van der Waals surface area contributed by atoms with E-state index in [2.05, 4.69) is 4.72 Å². The molecule has 0 spiro atoms. The normalized spacial score (nSPS) is 15.3. The summed E-state index contributed by atoms with van der Waals surface area (Å²) in [4.78, 5) is 1.85. The van der Waals surface area contributed by atoms with Gasteiger partial charge in [0.25, 0.3) is 0 Å². The number of hydrogen-bond donors (Lipinski definition) is 1. The van der Waals surface area contributed by atoms with Crippen LogP contribution in [0.1, 0.15) is 12.8 Å². The Hall–Kier alpha value is -1.43. The predicted octanol–water partition coefficient (Wildman–Crippen LogP) is 1.67. The molecule has 2 rings (SSSR count). The Bertz CT molecular complexity index is 536. The van der Waals surface area contributed by atoms with Crippen molar-refractivity contribution >= 4 is 21.4 Å². The molecule has 0 atom stereocenters. The van der Waals surface area contributed by atoms with E-state index in [9.17, 15) is 8.42 Å². The lowest BCUT2D eigenvalue weighted by molar-refractivity contribution is 0.303. The zero-order valence-electron chi connectivity index (χ0n) is 10.8. The molecular formula is C12H18N2O3S. The van der Waals surface area contributed by atoms with Gasteiger partial charge in [0.2, 0.25) is 10.0 Å². The van der Waals surface area contributed by atoms with E-state index in [1.807, 2.05) is 25.1 Å². The summed E-state index contributed by atoms with van der Waals surface area (Å²) in [5.41, 5.74) is 1.35. The Balaban J connectivity index is 2.28. The topological polar surface area (TPSA) is 58.6 Å². The lowest BCUT2D eigenvalue weighted by Gasteiger charge is -2.19. The number of nitrogens with zero attached hydrogens (tertiary/aromatic N) is 1. The molecule has 0 amide bonds. The van der Waals surface area contributed by atoms with E-state index in [4.69, 9.17) is 4.74 Å². The third-order valence-electron chi connectivity index (χ3n) is 2.57. The van der Waals surface area contributed by atoms with Crippen LogP contribution >= 0.6 is 0 Å². The van der Waals surface area contributed by atoms with Crippen LogP contribution < -0.4 is 14.4 Å². The number of ether oxygens (including phenoxy) is 1. The molecule has 100 valence electrons. The molecule has 1 aromatic carbocycles. The Labute approximate surface area is 108 Å². The molecule has 0 radical (unpaired) electrons. The van der Waals surface area contributed by atoms with Crippen molar-refractivity contribution in [2.45, 2.75) is 18.9 Å². The zero-order chi connectivity index (χ0) is 13.3. The third-order valence-corrected chi connectivity index (χ3v) is 3.16. The SMILES string of the molecule is CN(C)c1cc(OC2CC2)ccc1NS(C)(=O)=O. The van der Waals surface area contributed by atoms with E-state index in [1.54, 1.807) is 12.1 Å². The molecule has 0 heterocycles. The predicted molar refractivity (Wildman–Crippen MR) is 72.9 cm³/mol. The standard InChI is InChI=1S/C12H18N2O3S/c1-14(2)12-8-10(17-9-4-5-9)6-7-11(12)13-18(3,15)16/h6-9,13H,4-5H2,1-3H3. The first kappa shape index (κ1) is 13.0. The van der Waals surface area contributed by atoms with Gasteiger partial charge in [0, 0.05) is 20.2 Å². The molecule has 1 aliphatic rings. The molecule has 1 N–H and O–H groups in total. The monoisotopic (exact) mass is 270 g/mol. The Morgan fingerprint density at radius 1 is 1.33 bits per heavy atom. The van der Waals surface area contributed by atoms with Crippen molar-refractivity contribution in [2.75, 3.05) is 30.0 Å². The molecule has 0 unspecified atom stereocenters. The van der Waals surface area contributed by atoms with Crippen LogP contribution in [0.3, 0.4) is 0 Å². The fourth-order valence-corrected chi connectivity index (χ4v) is 2.19. The van der Waals surface area contributed by atoms with Crippen LogP contribution in [0.5, 0.6) is 5.75 Å². The Kier molecular flexibility index (Phi) is 3.38. The quantitative estimate of drug-likeness (QED) is 0.884. The first-order chi connectivity index (χ1) is 8.35. The summed E-state index contributed by atoms with van der Waals surface area (Å²) < 4.78 is 30.8. The summed E-state index contributed by atoms with van der Waals surface area (Å²) in [7, 11) is 0.455. The van der Waals surface area contributed by atoms with Crippen molar-refractivity contribution in [3.8, 4) is 5.75 Å². The van der Waals surface area contributed by atoms with Crippen LogP contribution in [0.4, 0.5) is 11.4 Å². The van der Waals surface area contributed by atoms with Gasteiger partial charge in [-0.15, -0.1) is 0 Å². The molecule has 5 nitrogen and oxygen atoms in total. The van der Waals surface area contributed by atoms with Crippen molar-refractivity contribution < 1.29 is 13.2 Å². The van der Waals surface area contributed by atoms with Gasteiger partial charge >= 0.3 is 0 Å². The fraction of sp³-hybridized carbons (Fsp3) is 0.500. The lowest BCUT2D eigenvalue weighted by atomic mass is 10.2. The Morgan fingerprint density at radius 3 is 2.50 bits per heavy atom. The summed E-state index contributed by atoms with van der Waals surface area (Å²) in [6.45, 7) is 0. The second-order valence-electron chi connectivity index (χ2n) is 4.76. The van der Waals surface area contributed by atoms with E-state index in [0.29, 0.717) is 11.8 Å². The van der Waals surface area contributed by atoms with Crippen molar-refractivity contribution in [3.05, 3.63) is 18.2 Å². The summed E-state index contributed by atoms with van der Waals surface area (Å²) >= 11 is 0. The molecule has 1 fully saturated rings. The van der Waals surface area contributed by atoms with Gasteiger partial charge in [0.1, 0.15) is 5.75 Å². The molecule has 0 saturated heterocycles. The van der Waals surface area contributed by atoms with Crippen LogP contribution in [-0.2, 0) is 10.0 Å². The fourth-order valence-electron chi connectivity index (χ4n) is 1.62. The molecule has 0 aromatic heterocycles. The van der Waals surface area contributed by atoms with Gasteiger partial charge in [-0.2, -0.15) is 0 Å². The number of anilines is 2. The molecule has 1 saturated carbocycles. The van der Waals surface area contributed by atoms with Crippen molar-refractivity contribution in [3.63, 3.8) is 0 Å². The summed E-state index contributed by atoms with van der Waals surface area (Å²) in [6, 6.07) is 5.37. The smallest absolute Gasteiger partial charge is 0.229 e. The number of rotatable bonds is 5. The van der Waals surface area contributed by atoms with Crippen LogP contribution in [0.2, 0.25) is 0 Å². The number of hydrogen-bond acceptors (Lipinski definition) is 4. The van der Waals surface area contributed by atoms with Crippen molar-refractivity contribution in [2.24, 2.45) is 0 Å². The van der Waals surface area contributed by atoms with E-state index >= 15 is 0 Å². The van der Waals surface area contributed by atoms with Gasteiger partial charge in [-0.25, -0.2) is 8.42 Å². The maximum Gasteiger partial charge on any atom is 0.229 e. The van der Waals surface area contributed by atoms with Crippen LogP contribution in [0, 0.1) is 0 Å². The molecular weight excluding hydrogens is 252 g/mol. The zero-order valence-corrected chi connectivity index (χ0v) is 11.6. The van der Waals surface area contributed by atoms with Gasteiger partial charge in [-0.05, 0) is 25.0 Å². The number of benzene rings is 1. The molecule has 1 aliphatic carbocycles. The minimum atomic E-state index is -3.27. The molecule has 18 heavy (non-hydrogen) atoms. The molecule has 0 aliphatic heterocycles. The van der Waals surface area contributed by atoms with E-state index in [-0.39, 0.29) is 0 Å². The highest BCUT2D eigenvalue weighted by Gasteiger charge is 2.24. The van der Waals surface area contributed by atoms with Gasteiger partial charge in [-0.3, -0.25) is 4.72 Å². The molecule has 1 aromatic rings. The van der Waals surface area contributed by atoms with Crippen molar-refractivity contribution in [1.82, 2.24) is 0 Å². The van der Waals surface area contributed by atoms with Crippen LogP contribution in [0.15, 0.2) is 18.2 Å². The van der Waals surface area contributed by atoms with Gasteiger partial charge in [0.05, 0.1) is 23.7 Å². The average molecular weight is 270 g/mol. The Morgan fingerprint density at radius 2 is 2.00 bits per heavy atom. The number of sulfonamides is 1. The number of nitrogens with one attached hydrogen (secondary N) is 1. The third kappa shape index (κ3) is 3.53. The maximum absolute atomic E-state index is 11.3. The summed E-state index contributed by atoms with van der Waals surface area (Å²) in [5.74, 6) is 0.778. The van der Waals surface area contributed by atoms with E-state index < -0.39 is 10.0 Å². The summed E-state index contributed by atoms with van der Waals surface area (Å²) in [6.07, 6.45) is 3.66. The first-order valence-electron chi connectivity index (χ1n) is 5.81. The minimum Gasteiger partial charge on any atom is -0.490 e. The van der Waals surface area contributed by atoms with E-state index in [1.165, 1.54) is 0 Å². The van der Waals surface area contributed by atoms with Gasteiger partial charge in [0.15, 0.2) is 0 Å². The van der Waals surface area contributed by atoms with Crippen LogP contribution in [-0.4, -0.2) is 34.9 Å². The molecule has 6 heteroatoms. The molecule has 0 bridgehead atoms. The van der Waals surface area contributed by atoms with Crippen molar-refractivity contribution in [1.29, 1.82) is 0 Å². The van der Waals surface area contributed by atoms with Gasteiger partial charge < -0.3 is 9.64 Å². The first-order valence-corrected chi connectivity index (χ1v) is 7.70. The largest absolute Gasteiger partial charge is 0.490 e. The minimum absolute atomic E-state index is 0.328. The lowest BCUT2D eigenvalue weighted by Crippen LogP contribution is -2.16. The second-order valence-corrected chi connectivity index (χ2v) is 6.51. The average Bonchev–Trinajstić information content (AvgIpc) is 3.01. The second kappa shape index (κ2) is 4.68. The maximum atomic E-state index is 11.3. The van der Waals surface area contributed by atoms with Gasteiger partial charge in [-0.1, -0.05) is 0 Å². The summed E-state index contributed by atoms with van der Waals surface area (Å²) in [5, 5.41) is 0.